The molecule has 0 aliphatic heterocycles. The van der Waals surface area contributed by atoms with Gasteiger partial charge in [-0.25, -0.2) is 5.84 Å². The third kappa shape index (κ3) is 4.37. The number of hydrogen-bond donors (Lipinski definition) is 3. The van der Waals surface area contributed by atoms with Crippen molar-refractivity contribution in [2.45, 2.75) is 17.6 Å². The molecule has 0 radical (unpaired) electrons. The Morgan fingerprint density at radius 3 is 2.62 bits per heavy atom. The highest BCUT2D eigenvalue weighted by Crippen LogP contribution is 2.25. The standard InChI is InChI=1S/C14H15N3O3S/c1-9(18)16-11-2-4-13(5-3-11)21-8-12-6-10(7-20-12)14(19)17-15/h2-7H,8,15H2,1H3,(H,16,18)(H,17,19). The molecule has 4 N–H and O–H groups in total. The van der Waals surface area contributed by atoms with Crippen molar-refractivity contribution in [2.75, 3.05) is 5.32 Å². The van der Waals surface area contributed by atoms with Crippen molar-refractivity contribution in [2.24, 2.45) is 5.84 Å². The van der Waals surface area contributed by atoms with Gasteiger partial charge < -0.3 is 9.73 Å². The number of hydrazine groups is 1. The molecule has 0 saturated carbocycles. The first-order valence-corrected chi connectivity index (χ1v) is 7.16. The van der Waals surface area contributed by atoms with Crippen molar-refractivity contribution in [3.05, 3.63) is 47.9 Å². The first kappa shape index (κ1) is 15.1. The van der Waals surface area contributed by atoms with Gasteiger partial charge in [0.25, 0.3) is 5.91 Å². The third-order valence-corrected chi connectivity index (χ3v) is 3.64. The van der Waals surface area contributed by atoms with Crippen molar-refractivity contribution >= 4 is 29.3 Å². The number of benzene rings is 1. The molecule has 0 aliphatic carbocycles. The maximum atomic E-state index is 11.3. The zero-order valence-corrected chi connectivity index (χ0v) is 12.2. The van der Waals surface area contributed by atoms with Gasteiger partial charge >= 0.3 is 0 Å². The van der Waals surface area contributed by atoms with E-state index in [-0.39, 0.29) is 11.8 Å². The largest absolute Gasteiger partial charge is 0.468 e. The second-order valence-corrected chi connectivity index (χ2v) is 5.32. The smallest absolute Gasteiger partial charge is 0.268 e. The molecule has 0 unspecified atom stereocenters. The van der Waals surface area contributed by atoms with Gasteiger partial charge in [-0.2, -0.15) is 0 Å². The summed E-state index contributed by atoms with van der Waals surface area (Å²) in [4.78, 5) is 23.2. The average molecular weight is 305 g/mol. The number of thioether (sulfide) groups is 1. The minimum atomic E-state index is -0.380. The zero-order valence-electron chi connectivity index (χ0n) is 11.4. The lowest BCUT2D eigenvalue weighted by molar-refractivity contribution is -0.114. The van der Waals surface area contributed by atoms with Crippen LogP contribution < -0.4 is 16.6 Å². The predicted molar refractivity (Wildman–Crippen MR) is 80.7 cm³/mol. The fourth-order valence-electron chi connectivity index (χ4n) is 1.65. The van der Waals surface area contributed by atoms with Crippen LogP contribution in [-0.4, -0.2) is 11.8 Å². The number of rotatable bonds is 5. The first-order chi connectivity index (χ1) is 10.1. The molecule has 21 heavy (non-hydrogen) atoms. The summed E-state index contributed by atoms with van der Waals surface area (Å²) in [5.74, 6) is 5.85. The lowest BCUT2D eigenvalue weighted by Crippen LogP contribution is -2.29. The molecule has 0 atom stereocenters. The summed E-state index contributed by atoms with van der Waals surface area (Å²) in [6.07, 6.45) is 1.37. The van der Waals surface area contributed by atoms with Gasteiger partial charge in [0.1, 0.15) is 12.0 Å². The third-order valence-electron chi connectivity index (χ3n) is 2.60. The van der Waals surface area contributed by atoms with Crippen LogP contribution in [0.3, 0.4) is 0 Å². The molecule has 110 valence electrons. The van der Waals surface area contributed by atoms with Gasteiger partial charge in [0.15, 0.2) is 0 Å². The Kier molecular flexibility index (Phi) is 5.02. The van der Waals surface area contributed by atoms with Gasteiger partial charge in [0.2, 0.25) is 5.91 Å². The normalized spacial score (nSPS) is 10.2. The highest BCUT2D eigenvalue weighted by molar-refractivity contribution is 7.98. The van der Waals surface area contributed by atoms with Crippen LogP contribution in [-0.2, 0) is 10.5 Å². The quantitative estimate of drug-likeness (QED) is 0.340. The average Bonchev–Trinajstić information content (AvgIpc) is 2.94. The van der Waals surface area contributed by atoms with E-state index in [1.54, 1.807) is 17.8 Å². The van der Waals surface area contributed by atoms with E-state index in [1.807, 2.05) is 29.7 Å². The maximum Gasteiger partial charge on any atom is 0.268 e. The number of nitrogens with one attached hydrogen (secondary N) is 2. The molecular weight excluding hydrogens is 290 g/mol. The lowest BCUT2D eigenvalue weighted by atomic mass is 10.3. The molecule has 1 aromatic heterocycles. The monoisotopic (exact) mass is 305 g/mol. The fraction of sp³-hybridized carbons (Fsp3) is 0.143. The van der Waals surface area contributed by atoms with Crippen LogP contribution in [0, 0.1) is 0 Å². The molecule has 2 aromatic rings. The van der Waals surface area contributed by atoms with Crippen LogP contribution in [0.1, 0.15) is 23.0 Å². The molecular formula is C14H15N3O3S. The number of hydrogen-bond acceptors (Lipinski definition) is 5. The molecule has 0 bridgehead atoms. The number of carbonyl (C=O) groups excluding carboxylic acids is 2. The molecule has 7 heteroatoms. The van der Waals surface area contributed by atoms with E-state index in [1.165, 1.54) is 13.2 Å². The number of nitrogens with two attached hydrogens (primary N) is 1. The van der Waals surface area contributed by atoms with E-state index in [0.29, 0.717) is 17.1 Å². The molecule has 0 saturated heterocycles. The van der Waals surface area contributed by atoms with Crippen LogP contribution >= 0.6 is 11.8 Å². The van der Waals surface area contributed by atoms with E-state index in [2.05, 4.69) is 5.32 Å². The number of anilines is 1. The van der Waals surface area contributed by atoms with E-state index in [9.17, 15) is 9.59 Å². The van der Waals surface area contributed by atoms with Gasteiger partial charge in [-0.1, -0.05) is 0 Å². The van der Waals surface area contributed by atoms with Gasteiger partial charge in [0, 0.05) is 17.5 Å². The minimum absolute atomic E-state index is 0.100. The number of amides is 2. The SMILES string of the molecule is CC(=O)Nc1ccc(SCc2cc(C(=O)NN)co2)cc1. The number of nitrogen functional groups attached to an aromatic ring is 1. The molecule has 0 aliphatic rings. The molecule has 0 fully saturated rings. The summed E-state index contributed by atoms with van der Waals surface area (Å²) in [6, 6.07) is 9.14. The van der Waals surface area contributed by atoms with Gasteiger partial charge in [-0.05, 0) is 30.3 Å². The molecule has 2 amide bonds. The Morgan fingerprint density at radius 1 is 1.29 bits per heavy atom. The summed E-state index contributed by atoms with van der Waals surface area (Å²) < 4.78 is 5.29. The molecule has 6 nitrogen and oxygen atoms in total. The van der Waals surface area contributed by atoms with Crippen molar-refractivity contribution in [3.8, 4) is 0 Å². The van der Waals surface area contributed by atoms with Gasteiger partial charge in [-0.3, -0.25) is 15.0 Å². The molecule has 2 rings (SSSR count). The summed E-state index contributed by atoms with van der Waals surface area (Å²) in [7, 11) is 0. The Bertz CT molecular complexity index is 637. The minimum Gasteiger partial charge on any atom is -0.468 e. The Labute approximate surface area is 126 Å². The topological polar surface area (TPSA) is 97.4 Å². The van der Waals surface area contributed by atoms with Crippen molar-refractivity contribution in [3.63, 3.8) is 0 Å². The van der Waals surface area contributed by atoms with Crippen LogP contribution in [0.5, 0.6) is 0 Å². The Morgan fingerprint density at radius 2 is 2.00 bits per heavy atom. The van der Waals surface area contributed by atoms with Crippen molar-refractivity contribution in [1.82, 2.24) is 5.43 Å². The molecule has 0 spiro atoms. The Balaban J connectivity index is 1.92. The predicted octanol–water partition coefficient (Wildman–Crippen LogP) is 2.13. The van der Waals surface area contributed by atoms with E-state index >= 15 is 0 Å². The van der Waals surface area contributed by atoms with Crippen LogP contribution in [0.2, 0.25) is 0 Å². The van der Waals surface area contributed by atoms with Crippen molar-refractivity contribution in [1.29, 1.82) is 0 Å². The Hall–Kier alpha value is -2.25. The van der Waals surface area contributed by atoms with Crippen LogP contribution in [0.25, 0.3) is 0 Å². The van der Waals surface area contributed by atoms with Crippen LogP contribution in [0.15, 0.2) is 45.9 Å². The van der Waals surface area contributed by atoms with E-state index in [0.717, 1.165) is 10.6 Å². The van der Waals surface area contributed by atoms with E-state index < -0.39 is 0 Å². The number of furan rings is 1. The summed E-state index contributed by atoms with van der Waals surface area (Å²) in [6.45, 7) is 1.47. The fourth-order valence-corrected chi connectivity index (χ4v) is 2.44. The zero-order chi connectivity index (χ0) is 15.2. The highest BCUT2D eigenvalue weighted by Gasteiger charge is 2.09. The molecule has 1 aromatic carbocycles. The first-order valence-electron chi connectivity index (χ1n) is 6.17. The summed E-state index contributed by atoms with van der Waals surface area (Å²) >= 11 is 1.56. The van der Waals surface area contributed by atoms with Crippen molar-refractivity contribution < 1.29 is 14.0 Å². The second-order valence-electron chi connectivity index (χ2n) is 4.27. The lowest BCUT2D eigenvalue weighted by Gasteiger charge is -2.03. The summed E-state index contributed by atoms with van der Waals surface area (Å²) in [5.41, 5.74) is 3.20. The van der Waals surface area contributed by atoms with Gasteiger partial charge in [0.05, 0.1) is 11.3 Å². The maximum absolute atomic E-state index is 11.3. The highest BCUT2D eigenvalue weighted by atomic mass is 32.2. The van der Waals surface area contributed by atoms with Gasteiger partial charge in [-0.15, -0.1) is 11.8 Å². The van der Waals surface area contributed by atoms with E-state index in [4.69, 9.17) is 10.3 Å². The second kappa shape index (κ2) is 6.96. The summed E-state index contributed by atoms with van der Waals surface area (Å²) in [5, 5.41) is 2.71. The molecule has 1 heterocycles. The van der Waals surface area contributed by atoms with Crippen LogP contribution in [0.4, 0.5) is 5.69 Å². The number of carbonyl (C=O) groups is 2.